The average Bonchev–Trinajstić information content (AvgIpc) is 2.40. The van der Waals surface area contributed by atoms with Crippen LogP contribution in [-0.2, 0) is 0 Å². The van der Waals surface area contributed by atoms with Crippen LogP contribution in [-0.4, -0.2) is 16.9 Å². The Morgan fingerprint density at radius 1 is 1.22 bits per heavy atom. The molecule has 0 atom stereocenters. The van der Waals surface area contributed by atoms with Crippen molar-refractivity contribution in [2.45, 2.75) is 0 Å². The van der Waals surface area contributed by atoms with Gasteiger partial charge in [-0.3, -0.25) is 4.98 Å². The molecule has 0 aliphatic rings. The summed E-state index contributed by atoms with van der Waals surface area (Å²) in [5.74, 6) is 6.40. The minimum absolute atomic E-state index is 0.297. The maximum absolute atomic E-state index is 11.2. The summed E-state index contributed by atoms with van der Waals surface area (Å²) in [4.78, 5) is 15.4. The number of hydrogen-bond donors (Lipinski definition) is 2. The number of rotatable bonds is 4. The molecular weight excluding hydrogens is 232 g/mol. The zero-order valence-corrected chi connectivity index (χ0v) is 9.83. The monoisotopic (exact) mass is 245 g/mol. The Hall–Kier alpha value is -2.63. The van der Waals surface area contributed by atoms with E-state index < -0.39 is 0 Å². The summed E-state index contributed by atoms with van der Waals surface area (Å²) in [6.45, 7) is 0. The fourth-order valence-corrected chi connectivity index (χ4v) is 1.51. The third kappa shape index (κ3) is 2.54. The summed E-state index contributed by atoms with van der Waals surface area (Å²) in [6, 6.07) is 8.49. The van der Waals surface area contributed by atoms with Crippen molar-refractivity contribution in [1.82, 2.24) is 4.98 Å². The van der Waals surface area contributed by atoms with Crippen LogP contribution in [0.4, 0.5) is 11.4 Å². The lowest BCUT2D eigenvalue weighted by Gasteiger charge is -2.06. The van der Waals surface area contributed by atoms with E-state index in [2.05, 4.69) is 10.3 Å². The summed E-state index contributed by atoms with van der Waals surface area (Å²) in [6.07, 6.45) is 3.25. The Morgan fingerprint density at radius 3 is 2.56 bits per heavy atom. The standard InChI is InChI=1S/C12H13N4O2/c1-14-11-3-2-10(8-12(11)16(13)17)18-9-4-6-15-7-5-9/h2-8,14H,1H3,(H2,13,17)/q+1. The first kappa shape index (κ1) is 11.8. The smallest absolute Gasteiger partial charge is 0.318 e. The highest BCUT2D eigenvalue weighted by molar-refractivity contribution is 5.63. The van der Waals surface area contributed by atoms with Gasteiger partial charge in [-0.15, -0.1) is 0 Å². The number of ether oxygens (including phenoxy) is 1. The fraction of sp³-hybridized carbons (Fsp3) is 0.0833. The molecule has 0 saturated carbocycles. The molecule has 6 heteroatoms. The van der Waals surface area contributed by atoms with Crippen molar-refractivity contribution in [3.05, 3.63) is 47.6 Å². The molecule has 18 heavy (non-hydrogen) atoms. The number of nitrogens with two attached hydrogens (primary N) is 1. The molecule has 0 spiro atoms. The summed E-state index contributed by atoms with van der Waals surface area (Å²) in [5, 5.41) is 2.88. The molecule has 2 rings (SSSR count). The summed E-state index contributed by atoms with van der Waals surface area (Å²) >= 11 is 0. The normalized spacial score (nSPS) is 9.83. The lowest BCUT2D eigenvalue weighted by Crippen LogP contribution is -2.10. The first-order valence-electron chi connectivity index (χ1n) is 5.32. The van der Waals surface area contributed by atoms with Crippen LogP contribution in [0.25, 0.3) is 0 Å². The van der Waals surface area contributed by atoms with Crippen LogP contribution in [0, 0.1) is 4.91 Å². The van der Waals surface area contributed by atoms with Gasteiger partial charge in [0.1, 0.15) is 17.2 Å². The number of nitrogens with zero attached hydrogens (tertiary/aromatic N) is 2. The Bertz CT molecular complexity index is 557. The van der Waals surface area contributed by atoms with E-state index in [0.717, 1.165) is 0 Å². The van der Waals surface area contributed by atoms with E-state index in [1.807, 2.05) is 0 Å². The van der Waals surface area contributed by atoms with Gasteiger partial charge in [-0.05, 0) is 24.3 Å². The number of nitrogens with one attached hydrogen (secondary N) is 1. The molecule has 1 aromatic heterocycles. The number of pyridine rings is 1. The molecule has 0 unspecified atom stereocenters. The van der Waals surface area contributed by atoms with Gasteiger partial charge in [0.25, 0.3) is 0 Å². The van der Waals surface area contributed by atoms with Crippen molar-refractivity contribution in [3.63, 3.8) is 0 Å². The highest BCUT2D eigenvalue weighted by Gasteiger charge is 2.16. The van der Waals surface area contributed by atoms with Gasteiger partial charge in [-0.1, -0.05) is 0 Å². The molecule has 2 aromatic rings. The summed E-state index contributed by atoms with van der Waals surface area (Å²) in [7, 11) is 1.71. The predicted octanol–water partition coefficient (Wildman–Crippen LogP) is 2.20. The largest absolute Gasteiger partial charge is 0.457 e. The molecule has 0 aliphatic carbocycles. The van der Waals surface area contributed by atoms with Gasteiger partial charge in [-0.2, -0.15) is 5.84 Å². The topological polar surface area (TPSA) is 80.2 Å². The van der Waals surface area contributed by atoms with Crippen molar-refractivity contribution in [2.24, 2.45) is 5.84 Å². The predicted molar refractivity (Wildman–Crippen MR) is 67.8 cm³/mol. The van der Waals surface area contributed by atoms with Crippen molar-refractivity contribution in [3.8, 4) is 11.5 Å². The molecule has 0 radical (unpaired) electrons. The van der Waals surface area contributed by atoms with Crippen LogP contribution in [0.5, 0.6) is 11.5 Å². The molecule has 1 heterocycles. The SMILES string of the molecule is CNc1ccc(Oc2ccncc2)cc1[N+](N)=O. The van der Waals surface area contributed by atoms with Gasteiger partial charge in [-0.25, -0.2) is 0 Å². The zero-order chi connectivity index (χ0) is 13.0. The van der Waals surface area contributed by atoms with Gasteiger partial charge in [0.2, 0.25) is 0 Å². The Kier molecular flexibility index (Phi) is 3.38. The van der Waals surface area contributed by atoms with E-state index in [9.17, 15) is 4.91 Å². The van der Waals surface area contributed by atoms with Gasteiger partial charge in [0.15, 0.2) is 4.87 Å². The second-order valence-electron chi connectivity index (χ2n) is 3.54. The number of nitroso groups, excluding NO2 is 1. The number of hydrazine groups is 1. The molecule has 0 saturated heterocycles. The molecule has 0 fully saturated rings. The van der Waals surface area contributed by atoms with E-state index in [1.165, 1.54) is 0 Å². The number of benzene rings is 1. The highest BCUT2D eigenvalue weighted by atomic mass is 16.5. The molecule has 0 aliphatic heterocycles. The van der Waals surface area contributed by atoms with E-state index in [0.29, 0.717) is 27.7 Å². The minimum Gasteiger partial charge on any atom is -0.457 e. The van der Waals surface area contributed by atoms with Crippen LogP contribution >= 0.6 is 0 Å². The Morgan fingerprint density at radius 2 is 1.94 bits per heavy atom. The van der Waals surface area contributed by atoms with Crippen LogP contribution in [0.3, 0.4) is 0 Å². The maximum atomic E-state index is 11.2. The van der Waals surface area contributed by atoms with Crippen LogP contribution in [0.15, 0.2) is 42.7 Å². The number of anilines is 1. The molecule has 1 aromatic carbocycles. The average molecular weight is 245 g/mol. The van der Waals surface area contributed by atoms with Crippen LogP contribution in [0.2, 0.25) is 0 Å². The molecule has 92 valence electrons. The Labute approximate surface area is 104 Å². The van der Waals surface area contributed by atoms with Crippen molar-refractivity contribution in [1.29, 1.82) is 0 Å². The van der Waals surface area contributed by atoms with E-state index in [-0.39, 0.29) is 0 Å². The lowest BCUT2D eigenvalue weighted by atomic mass is 10.2. The molecule has 3 N–H and O–H groups in total. The molecule has 0 amide bonds. The van der Waals surface area contributed by atoms with Gasteiger partial charge < -0.3 is 10.1 Å². The lowest BCUT2D eigenvalue weighted by molar-refractivity contribution is -0.473. The van der Waals surface area contributed by atoms with E-state index >= 15 is 0 Å². The number of hydrogen-bond acceptors (Lipinski definition) is 4. The number of aromatic nitrogens is 1. The Balaban J connectivity index is 2.30. The third-order valence-electron chi connectivity index (χ3n) is 2.36. The van der Waals surface area contributed by atoms with Crippen molar-refractivity contribution >= 4 is 11.4 Å². The van der Waals surface area contributed by atoms with Crippen molar-refractivity contribution < 1.29 is 9.61 Å². The zero-order valence-electron chi connectivity index (χ0n) is 9.83. The first-order valence-corrected chi connectivity index (χ1v) is 5.32. The first-order chi connectivity index (χ1) is 8.70. The molecule has 6 nitrogen and oxygen atoms in total. The molecule has 0 bridgehead atoms. The van der Waals surface area contributed by atoms with Gasteiger partial charge >= 0.3 is 5.69 Å². The second-order valence-corrected chi connectivity index (χ2v) is 3.54. The van der Waals surface area contributed by atoms with Gasteiger partial charge in [0, 0.05) is 19.4 Å². The highest BCUT2D eigenvalue weighted by Crippen LogP contribution is 2.30. The van der Waals surface area contributed by atoms with Crippen molar-refractivity contribution in [2.75, 3.05) is 12.4 Å². The quantitative estimate of drug-likeness (QED) is 0.490. The van der Waals surface area contributed by atoms with Crippen LogP contribution < -0.4 is 15.9 Å². The minimum atomic E-state index is 0.297. The third-order valence-corrected chi connectivity index (χ3v) is 2.36. The van der Waals surface area contributed by atoms with Crippen LogP contribution in [0.1, 0.15) is 0 Å². The van der Waals surface area contributed by atoms with E-state index in [1.54, 1.807) is 49.8 Å². The second kappa shape index (κ2) is 5.13. The van der Waals surface area contributed by atoms with E-state index in [4.69, 9.17) is 10.6 Å². The van der Waals surface area contributed by atoms with Gasteiger partial charge in [0.05, 0.1) is 11.0 Å². The summed E-state index contributed by atoms with van der Waals surface area (Å²) < 4.78 is 5.58. The summed E-state index contributed by atoms with van der Waals surface area (Å²) in [5.41, 5.74) is 0.943. The fourth-order valence-electron chi connectivity index (χ4n) is 1.51. The maximum Gasteiger partial charge on any atom is 0.318 e. The molecular formula is C12H13N4O2+.